The van der Waals surface area contributed by atoms with E-state index in [0.29, 0.717) is 18.6 Å². The summed E-state index contributed by atoms with van der Waals surface area (Å²) in [6.45, 7) is 10.7. The molecule has 4 heteroatoms. The highest BCUT2D eigenvalue weighted by molar-refractivity contribution is 5.13. The highest BCUT2D eigenvalue weighted by Crippen LogP contribution is 2.34. The van der Waals surface area contributed by atoms with Gasteiger partial charge in [0, 0.05) is 30.4 Å². The summed E-state index contributed by atoms with van der Waals surface area (Å²) in [6, 6.07) is 1.48. The Labute approximate surface area is 123 Å². The Kier molecular flexibility index (Phi) is 5.22. The molecule has 4 nitrogen and oxygen atoms in total. The molecule has 1 unspecified atom stereocenters. The van der Waals surface area contributed by atoms with Crippen LogP contribution < -0.4 is 5.73 Å². The van der Waals surface area contributed by atoms with Crippen LogP contribution in [0.2, 0.25) is 0 Å². The smallest absolute Gasteiger partial charge is 0.0538 e. The van der Waals surface area contributed by atoms with E-state index in [1.54, 1.807) is 0 Å². The topological polar surface area (TPSA) is 47.1 Å². The summed E-state index contributed by atoms with van der Waals surface area (Å²) in [5.74, 6) is 0.744. The molecule has 0 radical (unpaired) electrons. The van der Waals surface area contributed by atoms with Crippen molar-refractivity contribution in [3.8, 4) is 0 Å². The van der Waals surface area contributed by atoms with Gasteiger partial charge in [-0.2, -0.15) is 5.10 Å². The standard InChI is InChI=1S/C16H30N4/c1-12(2)7-8-19(15-5-6-15)16(9-17)14-10-18-20(11-14)13(3)4/h10-13,15-16H,5-9,17H2,1-4H3. The third-order valence-corrected chi connectivity index (χ3v) is 4.14. The Bertz CT molecular complexity index is 406. The van der Waals surface area contributed by atoms with Crippen LogP contribution in [0.4, 0.5) is 0 Å². The van der Waals surface area contributed by atoms with E-state index in [1.165, 1.54) is 24.8 Å². The van der Waals surface area contributed by atoms with Crippen molar-refractivity contribution in [3.05, 3.63) is 18.0 Å². The molecule has 1 atom stereocenters. The van der Waals surface area contributed by atoms with Crippen molar-refractivity contribution in [1.82, 2.24) is 14.7 Å². The molecule has 1 fully saturated rings. The van der Waals surface area contributed by atoms with E-state index < -0.39 is 0 Å². The molecule has 20 heavy (non-hydrogen) atoms. The van der Waals surface area contributed by atoms with Crippen molar-refractivity contribution in [3.63, 3.8) is 0 Å². The number of nitrogens with two attached hydrogens (primary N) is 1. The fraction of sp³-hybridized carbons (Fsp3) is 0.812. The van der Waals surface area contributed by atoms with Crippen LogP contribution in [-0.2, 0) is 0 Å². The molecule has 0 aliphatic heterocycles. The summed E-state index contributed by atoms with van der Waals surface area (Å²) in [4.78, 5) is 2.61. The zero-order valence-corrected chi connectivity index (χ0v) is 13.4. The molecule has 2 N–H and O–H groups in total. The molecular formula is C16H30N4. The Balaban J connectivity index is 2.10. The van der Waals surface area contributed by atoms with E-state index >= 15 is 0 Å². The molecule has 2 rings (SSSR count). The lowest BCUT2D eigenvalue weighted by molar-refractivity contribution is 0.180. The van der Waals surface area contributed by atoms with Crippen LogP contribution in [0.25, 0.3) is 0 Å². The average molecular weight is 278 g/mol. The van der Waals surface area contributed by atoms with E-state index in [1.807, 2.05) is 10.9 Å². The fourth-order valence-electron chi connectivity index (χ4n) is 2.68. The maximum atomic E-state index is 6.08. The van der Waals surface area contributed by atoms with Gasteiger partial charge in [-0.25, -0.2) is 0 Å². The zero-order chi connectivity index (χ0) is 14.7. The van der Waals surface area contributed by atoms with Gasteiger partial charge in [0.2, 0.25) is 0 Å². The number of nitrogens with zero attached hydrogens (tertiary/aromatic N) is 3. The molecule has 0 saturated heterocycles. The first-order chi connectivity index (χ1) is 9.52. The lowest BCUT2D eigenvalue weighted by Crippen LogP contribution is -2.36. The van der Waals surface area contributed by atoms with Gasteiger partial charge in [-0.1, -0.05) is 13.8 Å². The van der Waals surface area contributed by atoms with Crippen LogP contribution in [-0.4, -0.2) is 33.8 Å². The van der Waals surface area contributed by atoms with Crippen LogP contribution >= 0.6 is 0 Å². The number of hydrogen-bond donors (Lipinski definition) is 1. The maximum Gasteiger partial charge on any atom is 0.0538 e. The monoisotopic (exact) mass is 278 g/mol. The van der Waals surface area contributed by atoms with Gasteiger partial charge in [0.15, 0.2) is 0 Å². The Morgan fingerprint density at radius 2 is 2.05 bits per heavy atom. The lowest BCUT2D eigenvalue weighted by atomic mass is 10.1. The Morgan fingerprint density at radius 3 is 2.50 bits per heavy atom. The van der Waals surface area contributed by atoms with Crippen LogP contribution in [0.3, 0.4) is 0 Å². The number of rotatable bonds is 8. The molecule has 0 aromatic carbocycles. The summed E-state index contributed by atoms with van der Waals surface area (Å²) in [5, 5.41) is 4.48. The van der Waals surface area contributed by atoms with E-state index in [9.17, 15) is 0 Å². The summed E-state index contributed by atoms with van der Waals surface area (Å²) in [7, 11) is 0. The first-order valence-corrected chi connectivity index (χ1v) is 8.02. The second kappa shape index (κ2) is 6.72. The van der Waals surface area contributed by atoms with Gasteiger partial charge in [-0.3, -0.25) is 9.58 Å². The molecule has 0 spiro atoms. The number of hydrogen-bond acceptors (Lipinski definition) is 3. The predicted molar refractivity (Wildman–Crippen MR) is 83.6 cm³/mol. The fourth-order valence-corrected chi connectivity index (χ4v) is 2.68. The minimum atomic E-state index is 0.328. The van der Waals surface area contributed by atoms with E-state index in [2.05, 4.69) is 43.9 Å². The van der Waals surface area contributed by atoms with Crippen molar-refractivity contribution in [2.24, 2.45) is 11.7 Å². The minimum absolute atomic E-state index is 0.328. The van der Waals surface area contributed by atoms with Crippen LogP contribution in [0.15, 0.2) is 12.4 Å². The van der Waals surface area contributed by atoms with Gasteiger partial charge in [-0.05, 0) is 45.6 Å². The molecule has 114 valence electrons. The van der Waals surface area contributed by atoms with Gasteiger partial charge in [0.1, 0.15) is 0 Å². The van der Waals surface area contributed by atoms with Gasteiger partial charge in [-0.15, -0.1) is 0 Å². The molecule has 1 aromatic rings. The average Bonchev–Trinajstić information content (AvgIpc) is 3.11. The van der Waals surface area contributed by atoms with Gasteiger partial charge < -0.3 is 5.73 Å². The summed E-state index contributed by atoms with van der Waals surface area (Å²) < 4.78 is 2.03. The van der Waals surface area contributed by atoms with Crippen molar-refractivity contribution < 1.29 is 0 Å². The minimum Gasteiger partial charge on any atom is -0.329 e. The molecule has 1 saturated carbocycles. The third-order valence-electron chi connectivity index (χ3n) is 4.14. The lowest BCUT2D eigenvalue weighted by Gasteiger charge is -2.31. The molecule has 1 aliphatic rings. The maximum absolute atomic E-state index is 6.08. The first-order valence-electron chi connectivity index (χ1n) is 8.02. The summed E-state index contributed by atoms with van der Waals surface area (Å²) in [6.07, 6.45) is 8.07. The predicted octanol–water partition coefficient (Wildman–Crippen LogP) is 2.97. The van der Waals surface area contributed by atoms with E-state index in [4.69, 9.17) is 5.73 Å². The molecule has 0 amide bonds. The molecule has 1 heterocycles. The van der Waals surface area contributed by atoms with Crippen molar-refractivity contribution in [2.45, 2.75) is 65.1 Å². The normalized spacial score (nSPS) is 17.4. The first kappa shape index (κ1) is 15.5. The highest BCUT2D eigenvalue weighted by Gasteiger charge is 2.34. The summed E-state index contributed by atoms with van der Waals surface area (Å²) >= 11 is 0. The quantitative estimate of drug-likeness (QED) is 0.795. The van der Waals surface area contributed by atoms with Gasteiger partial charge in [0.05, 0.1) is 12.2 Å². The second-order valence-corrected chi connectivity index (χ2v) is 6.75. The van der Waals surface area contributed by atoms with Crippen LogP contribution in [0, 0.1) is 5.92 Å². The highest BCUT2D eigenvalue weighted by atomic mass is 15.3. The van der Waals surface area contributed by atoms with Crippen LogP contribution in [0.1, 0.15) is 64.6 Å². The second-order valence-electron chi connectivity index (χ2n) is 6.75. The largest absolute Gasteiger partial charge is 0.329 e. The molecule has 1 aromatic heterocycles. The van der Waals surface area contributed by atoms with E-state index in [-0.39, 0.29) is 0 Å². The van der Waals surface area contributed by atoms with Crippen LogP contribution in [0.5, 0.6) is 0 Å². The van der Waals surface area contributed by atoms with Gasteiger partial charge in [0.25, 0.3) is 0 Å². The third kappa shape index (κ3) is 3.83. The SMILES string of the molecule is CC(C)CCN(C1CC1)C(CN)c1cnn(C(C)C)c1. The number of aromatic nitrogens is 2. The molecular weight excluding hydrogens is 248 g/mol. The molecule has 0 bridgehead atoms. The Hall–Kier alpha value is -0.870. The van der Waals surface area contributed by atoms with Crippen molar-refractivity contribution >= 4 is 0 Å². The summed E-state index contributed by atoms with van der Waals surface area (Å²) in [5.41, 5.74) is 7.36. The van der Waals surface area contributed by atoms with E-state index in [0.717, 1.165) is 18.5 Å². The van der Waals surface area contributed by atoms with Crippen molar-refractivity contribution in [1.29, 1.82) is 0 Å². The molecule has 1 aliphatic carbocycles. The zero-order valence-electron chi connectivity index (χ0n) is 13.4. The Morgan fingerprint density at radius 1 is 1.35 bits per heavy atom. The van der Waals surface area contributed by atoms with Crippen molar-refractivity contribution in [2.75, 3.05) is 13.1 Å². The van der Waals surface area contributed by atoms with Gasteiger partial charge >= 0.3 is 0 Å².